The summed E-state index contributed by atoms with van der Waals surface area (Å²) >= 11 is 0. The summed E-state index contributed by atoms with van der Waals surface area (Å²) in [4.78, 5) is 26.9. The van der Waals surface area contributed by atoms with Crippen molar-refractivity contribution in [3.8, 4) is 5.69 Å². The number of nitrogens with one attached hydrogen (secondary N) is 2. The summed E-state index contributed by atoms with van der Waals surface area (Å²) in [7, 11) is 0. The highest BCUT2D eigenvalue weighted by Crippen LogP contribution is 2.27. The Labute approximate surface area is 191 Å². The molecule has 0 saturated heterocycles. The number of hydrogen-bond acceptors (Lipinski definition) is 7. The van der Waals surface area contributed by atoms with Gasteiger partial charge in [0, 0.05) is 43.4 Å². The van der Waals surface area contributed by atoms with Crippen LogP contribution in [0, 0.1) is 6.92 Å². The van der Waals surface area contributed by atoms with E-state index in [2.05, 4.69) is 47.7 Å². The van der Waals surface area contributed by atoms with Gasteiger partial charge < -0.3 is 15.5 Å². The maximum absolute atomic E-state index is 11.4. The molecular formula is C24H24N8O. The molecule has 1 aliphatic rings. The molecule has 0 unspecified atom stereocenters. The fourth-order valence-electron chi connectivity index (χ4n) is 4.01. The van der Waals surface area contributed by atoms with Crippen LogP contribution in [0.3, 0.4) is 0 Å². The highest BCUT2D eigenvalue weighted by Gasteiger charge is 2.23. The molecule has 0 radical (unpaired) electrons. The third-order valence-corrected chi connectivity index (χ3v) is 5.67. The van der Waals surface area contributed by atoms with Crippen molar-refractivity contribution >= 4 is 29.2 Å². The molecule has 5 rings (SSSR count). The molecule has 0 fully saturated rings. The summed E-state index contributed by atoms with van der Waals surface area (Å²) in [6, 6.07) is 15.8. The number of amides is 1. The normalized spacial score (nSPS) is 12.8. The van der Waals surface area contributed by atoms with Crippen molar-refractivity contribution in [1.82, 2.24) is 24.7 Å². The lowest BCUT2D eigenvalue weighted by molar-refractivity contribution is -0.114. The van der Waals surface area contributed by atoms with Gasteiger partial charge in [0.1, 0.15) is 6.33 Å². The number of rotatable bonds is 5. The van der Waals surface area contributed by atoms with Crippen LogP contribution in [0.2, 0.25) is 0 Å². The van der Waals surface area contributed by atoms with E-state index in [-0.39, 0.29) is 5.91 Å². The number of anilines is 4. The molecule has 2 N–H and O–H groups in total. The summed E-state index contributed by atoms with van der Waals surface area (Å²) in [6.07, 6.45) is 4.28. The van der Waals surface area contributed by atoms with Gasteiger partial charge in [0.05, 0.1) is 17.6 Å². The molecular weight excluding hydrogens is 416 g/mol. The van der Waals surface area contributed by atoms with Crippen molar-refractivity contribution in [2.24, 2.45) is 0 Å². The number of carbonyl (C=O) groups excluding carboxylic acids is 1. The van der Waals surface area contributed by atoms with Gasteiger partial charge in [-0.1, -0.05) is 24.3 Å². The van der Waals surface area contributed by atoms with E-state index in [1.54, 1.807) is 0 Å². The lowest BCUT2D eigenvalue weighted by Crippen LogP contribution is -2.32. The third kappa shape index (κ3) is 4.25. The summed E-state index contributed by atoms with van der Waals surface area (Å²) < 4.78 is 2.01. The highest BCUT2D eigenvalue weighted by atomic mass is 16.1. The molecule has 4 aromatic rings. The Morgan fingerprint density at radius 2 is 1.85 bits per heavy atom. The molecule has 1 amide bonds. The predicted octanol–water partition coefficient (Wildman–Crippen LogP) is 3.63. The first-order chi connectivity index (χ1) is 16.1. The summed E-state index contributed by atoms with van der Waals surface area (Å²) in [5.41, 5.74) is 5.93. The number of fused-ring (bicyclic) bond motifs is 1. The SMILES string of the molecule is CC(=O)Nc1cccc(Nc2ncnc(N3CCc4c(cnn4-c4ccccc4)C3)n2)c1C. The van der Waals surface area contributed by atoms with Crippen LogP contribution in [0.1, 0.15) is 23.7 Å². The average Bonchev–Trinajstić information content (AvgIpc) is 3.25. The Hall–Kier alpha value is -4.27. The van der Waals surface area contributed by atoms with E-state index in [9.17, 15) is 4.79 Å². The van der Waals surface area contributed by atoms with Crippen molar-refractivity contribution in [2.75, 3.05) is 22.1 Å². The molecule has 166 valence electrons. The smallest absolute Gasteiger partial charge is 0.232 e. The Morgan fingerprint density at radius 3 is 2.67 bits per heavy atom. The van der Waals surface area contributed by atoms with Gasteiger partial charge in [0.2, 0.25) is 17.8 Å². The summed E-state index contributed by atoms with van der Waals surface area (Å²) in [6.45, 7) is 4.90. The van der Waals surface area contributed by atoms with Gasteiger partial charge in [-0.25, -0.2) is 14.6 Å². The molecule has 3 heterocycles. The van der Waals surface area contributed by atoms with Gasteiger partial charge in [-0.05, 0) is 36.8 Å². The molecule has 9 heteroatoms. The average molecular weight is 441 g/mol. The van der Waals surface area contributed by atoms with Crippen molar-refractivity contribution in [1.29, 1.82) is 0 Å². The van der Waals surface area contributed by atoms with E-state index >= 15 is 0 Å². The van der Waals surface area contributed by atoms with Crippen LogP contribution in [0.4, 0.5) is 23.3 Å². The maximum atomic E-state index is 11.4. The Morgan fingerprint density at radius 1 is 1.03 bits per heavy atom. The second kappa shape index (κ2) is 8.70. The topological polar surface area (TPSA) is 101 Å². The minimum Gasteiger partial charge on any atom is -0.336 e. The third-order valence-electron chi connectivity index (χ3n) is 5.67. The lowest BCUT2D eigenvalue weighted by atomic mass is 10.1. The van der Waals surface area contributed by atoms with Crippen LogP contribution in [0.15, 0.2) is 61.1 Å². The second-order valence-corrected chi connectivity index (χ2v) is 7.93. The van der Waals surface area contributed by atoms with Gasteiger partial charge in [-0.15, -0.1) is 0 Å². The van der Waals surface area contributed by atoms with Crippen LogP contribution in [0.25, 0.3) is 5.69 Å². The number of hydrogen-bond donors (Lipinski definition) is 2. The molecule has 9 nitrogen and oxygen atoms in total. The minimum atomic E-state index is -0.113. The fraction of sp³-hybridized carbons (Fsp3) is 0.208. The number of aromatic nitrogens is 5. The summed E-state index contributed by atoms with van der Waals surface area (Å²) in [5.74, 6) is 0.952. The number of nitrogens with zero attached hydrogens (tertiary/aromatic N) is 6. The van der Waals surface area contributed by atoms with E-state index in [1.165, 1.54) is 24.5 Å². The number of benzene rings is 2. The molecule has 0 bridgehead atoms. The quantitative estimate of drug-likeness (QED) is 0.489. The zero-order valence-corrected chi connectivity index (χ0v) is 18.5. The fourth-order valence-corrected chi connectivity index (χ4v) is 4.01. The Kier molecular flexibility index (Phi) is 5.43. The van der Waals surface area contributed by atoms with Gasteiger partial charge in [-0.2, -0.15) is 10.1 Å². The molecule has 1 aliphatic heterocycles. The zero-order chi connectivity index (χ0) is 22.8. The Balaban J connectivity index is 1.35. The lowest BCUT2D eigenvalue weighted by Gasteiger charge is -2.27. The monoisotopic (exact) mass is 440 g/mol. The van der Waals surface area contributed by atoms with Crippen LogP contribution in [-0.4, -0.2) is 37.2 Å². The van der Waals surface area contributed by atoms with Gasteiger partial charge in [-0.3, -0.25) is 4.79 Å². The van der Waals surface area contributed by atoms with Crippen molar-refractivity contribution in [2.45, 2.75) is 26.8 Å². The second-order valence-electron chi connectivity index (χ2n) is 7.93. The zero-order valence-electron chi connectivity index (χ0n) is 18.5. The van der Waals surface area contributed by atoms with Crippen molar-refractivity contribution in [3.05, 3.63) is 77.9 Å². The first-order valence-corrected chi connectivity index (χ1v) is 10.8. The number of para-hydroxylation sites is 1. The van der Waals surface area contributed by atoms with Gasteiger partial charge in [0.25, 0.3) is 0 Å². The van der Waals surface area contributed by atoms with E-state index in [0.717, 1.165) is 35.6 Å². The van der Waals surface area contributed by atoms with Gasteiger partial charge in [0.15, 0.2) is 0 Å². The van der Waals surface area contributed by atoms with Crippen LogP contribution < -0.4 is 15.5 Å². The van der Waals surface area contributed by atoms with Crippen molar-refractivity contribution in [3.63, 3.8) is 0 Å². The largest absolute Gasteiger partial charge is 0.336 e. The molecule has 2 aromatic carbocycles. The van der Waals surface area contributed by atoms with E-state index < -0.39 is 0 Å². The Bertz CT molecular complexity index is 1300. The van der Waals surface area contributed by atoms with E-state index in [4.69, 9.17) is 0 Å². The predicted molar refractivity (Wildman–Crippen MR) is 127 cm³/mol. The van der Waals surface area contributed by atoms with Crippen LogP contribution in [0.5, 0.6) is 0 Å². The molecule has 0 spiro atoms. The highest BCUT2D eigenvalue weighted by molar-refractivity contribution is 5.90. The summed E-state index contributed by atoms with van der Waals surface area (Å²) in [5, 5.41) is 10.7. The standard InChI is InChI=1S/C24H24N8O/c1-16-20(28-17(2)33)9-6-10-21(16)29-23-25-15-26-24(30-23)31-12-11-22-18(14-31)13-27-32(22)19-7-4-3-5-8-19/h3-10,13,15H,11-12,14H2,1-2H3,(H,28,33)(H,25,26,29,30). The molecule has 33 heavy (non-hydrogen) atoms. The molecule has 0 saturated carbocycles. The molecule has 0 atom stereocenters. The molecule has 2 aromatic heterocycles. The first kappa shape index (κ1) is 20.6. The molecule has 0 aliphatic carbocycles. The van der Waals surface area contributed by atoms with E-state index in [1.807, 2.05) is 54.2 Å². The minimum absolute atomic E-state index is 0.113. The number of carbonyl (C=O) groups is 1. The van der Waals surface area contributed by atoms with Crippen LogP contribution >= 0.6 is 0 Å². The van der Waals surface area contributed by atoms with Crippen LogP contribution in [-0.2, 0) is 17.8 Å². The van der Waals surface area contributed by atoms with E-state index in [0.29, 0.717) is 18.4 Å². The van der Waals surface area contributed by atoms with Crippen molar-refractivity contribution < 1.29 is 4.79 Å². The van der Waals surface area contributed by atoms with Gasteiger partial charge >= 0.3 is 0 Å². The maximum Gasteiger partial charge on any atom is 0.232 e. The first-order valence-electron chi connectivity index (χ1n) is 10.8.